The Bertz CT molecular complexity index is 117. The molecule has 0 saturated heterocycles. The van der Waals surface area contributed by atoms with Crippen LogP contribution in [0.1, 0.15) is 32.1 Å². The van der Waals surface area contributed by atoms with E-state index in [0.717, 1.165) is 18.4 Å². The first-order valence-corrected chi connectivity index (χ1v) is 4.45. The minimum absolute atomic E-state index is 0.0645. The van der Waals surface area contributed by atoms with Crippen molar-refractivity contribution >= 4 is 16.5 Å². The molecule has 0 atom stereocenters. The van der Waals surface area contributed by atoms with Crippen molar-refractivity contribution in [2.24, 2.45) is 0 Å². The van der Waals surface area contributed by atoms with Crippen molar-refractivity contribution in [2.75, 3.05) is 0 Å². The maximum absolute atomic E-state index is 12.5. The summed E-state index contributed by atoms with van der Waals surface area (Å²) in [6, 6.07) is 0. The summed E-state index contributed by atoms with van der Waals surface area (Å²) in [5, 5.41) is 0. The van der Waals surface area contributed by atoms with Gasteiger partial charge in [-0.25, -0.2) is 0 Å². The third kappa shape index (κ3) is 2.13. The molecule has 1 saturated carbocycles. The summed E-state index contributed by atoms with van der Waals surface area (Å²) in [6.45, 7) is 0. The summed E-state index contributed by atoms with van der Waals surface area (Å²) < 4.78 is 12.5. The van der Waals surface area contributed by atoms with Crippen LogP contribution in [0.25, 0.3) is 0 Å². The van der Waals surface area contributed by atoms with Crippen LogP contribution in [0.4, 0.5) is 4.39 Å². The predicted octanol–water partition coefficient (Wildman–Crippen LogP) is 2.30. The van der Waals surface area contributed by atoms with Gasteiger partial charge in [-0.1, -0.05) is 0 Å². The zero-order chi connectivity index (χ0) is 6.69. The third-order valence-electron chi connectivity index (χ3n) is 1.77. The van der Waals surface area contributed by atoms with Gasteiger partial charge < -0.3 is 0 Å². The molecule has 0 aliphatic heterocycles. The van der Waals surface area contributed by atoms with Crippen LogP contribution in [-0.2, 0) is 0 Å². The van der Waals surface area contributed by atoms with Crippen LogP contribution in [0.3, 0.4) is 0 Å². The molecule has 0 aromatic carbocycles. The number of halogens is 1. The Morgan fingerprint density at radius 1 is 1.22 bits per heavy atom. The van der Waals surface area contributed by atoms with Crippen molar-refractivity contribution in [3.63, 3.8) is 0 Å². The van der Waals surface area contributed by atoms with Crippen LogP contribution in [0.2, 0.25) is 0 Å². The fraction of sp³-hybridized carbons (Fsp3) is 0.714. The van der Waals surface area contributed by atoms with Gasteiger partial charge in [0, 0.05) is 0 Å². The van der Waals surface area contributed by atoms with E-state index in [0.29, 0.717) is 0 Å². The number of hydrogen-bond acceptors (Lipinski definition) is 0. The van der Waals surface area contributed by atoms with E-state index in [-0.39, 0.29) is 4.66 Å². The van der Waals surface area contributed by atoms with Gasteiger partial charge in [-0.2, -0.15) is 0 Å². The van der Waals surface area contributed by atoms with E-state index in [4.69, 9.17) is 0 Å². The quantitative estimate of drug-likeness (QED) is 0.509. The van der Waals surface area contributed by atoms with Crippen molar-refractivity contribution in [3.8, 4) is 0 Å². The monoisotopic (exact) mass is 187 g/mol. The number of hydrogen-bond donors (Lipinski definition) is 0. The summed E-state index contributed by atoms with van der Waals surface area (Å²) >= 11 is 1.57. The molecule has 0 heterocycles. The van der Waals surface area contributed by atoms with Crippen molar-refractivity contribution < 1.29 is 4.39 Å². The summed E-state index contributed by atoms with van der Waals surface area (Å²) in [5.74, 6) is 0. The first kappa shape index (κ1) is 7.32. The molecule has 0 aromatic rings. The molecule has 2 heteroatoms. The molecular formula is C7H10FGe. The van der Waals surface area contributed by atoms with Crippen LogP contribution in [0.5, 0.6) is 0 Å². The van der Waals surface area contributed by atoms with E-state index in [2.05, 4.69) is 0 Å². The zero-order valence-corrected chi connectivity index (χ0v) is 7.51. The molecule has 49 valence electrons. The summed E-state index contributed by atoms with van der Waals surface area (Å²) in [4.78, 5) is 0. The molecule has 1 aliphatic rings. The van der Waals surface area contributed by atoms with Gasteiger partial charge in [-0.05, 0) is 0 Å². The van der Waals surface area contributed by atoms with Crippen LogP contribution >= 0.6 is 0 Å². The first-order chi connectivity index (χ1) is 4.30. The fourth-order valence-corrected chi connectivity index (χ4v) is 1.72. The number of allylic oxidation sites excluding steroid dienone is 1. The number of rotatable bonds is 0. The molecule has 1 fully saturated rings. The van der Waals surface area contributed by atoms with E-state index < -0.39 is 0 Å². The van der Waals surface area contributed by atoms with Gasteiger partial charge in [0.1, 0.15) is 0 Å². The van der Waals surface area contributed by atoms with E-state index >= 15 is 0 Å². The molecule has 0 aromatic heterocycles. The summed E-state index contributed by atoms with van der Waals surface area (Å²) in [7, 11) is 0. The molecule has 0 unspecified atom stereocenters. The normalized spacial score (nSPS) is 20.0. The molecule has 3 radical (unpaired) electrons. The van der Waals surface area contributed by atoms with E-state index in [1.807, 2.05) is 0 Å². The Hall–Kier alpha value is 0.213. The topological polar surface area (TPSA) is 0 Å². The Morgan fingerprint density at radius 3 is 2.11 bits per heavy atom. The predicted molar refractivity (Wildman–Crippen MR) is 37.0 cm³/mol. The van der Waals surface area contributed by atoms with Crippen molar-refractivity contribution in [1.29, 1.82) is 0 Å². The summed E-state index contributed by atoms with van der Waals surface area (Å²) in [6.07, 6.45) is 5.68. The van der Waals surface area contributed by atoms with Gasteiger partial charge in [0.2, 0.25) is 0 Å². The van der Waals surface area contributed by atoms with Crippen molar-refractivity contribution in [3.05, 3.63) is 10.2 Å². The van der Waals surface area contributed by atoms with Gasteiger partial charge >= 0.3 is 63.2 Å². The second kappa shape index (κ2) is 3.40. The summed E-state index contributed by atoms with van der Waals surface area (Å²) in [5.41, 5.74) is 1.06. The van der Waals surface area contributed by atoms with E-state index in [1.54, 1.807) is 16.5 Å². The molecule has 0 N–H and O–H groups in total. The van der Waals surface area contributed by atoms with Gasteiger partial charge in [0.25, 0.3) is 0 Å². The Kier molecular flexibility index (Phi) is 2.76. The van der Waals surface area contributed by atoms with Gasteiger partial charge in [0.15, 0.2) is 0 Å². The van der Waals surface area contributed by atoms with Gasteiger partial charge in [-0.15, -0.1) is 0 Å². The molecule has 1 rings (SSSR count). The second-order valence-corrected chi connectivity index (χ2v) is 3.40. The molecule has 0 spiro atoms. The molecule has 9 heavy (non-hydrogen) atoms. The van der Waals surface area contributed by atoms with Crippen LogP contribution in [-0.4, -0.2) is 16.5 Å². The Labute approximate surface area is 63.7 Å². The maximum atomic E-state index is 12.5. The zero-order valence-electron chi connectivity index (χ0n) is 5.41. The average molecular weight is 186 g/mol. The molecule has 0 nitrogen and oxygen atoms in total. The van der Waals surface area contributed by atoms with Crippen LogP contribution in [0, 0.1) is 0 Å². The second-order valence-electron chi connectivity index (χ2n) is 2.48. The Balaban J connectivity index is 2.49. The first-order valence-electron chi connectivity index (χ1n) is 3.40. The van der Waals surface area contributed by atoms with Crippen LogP contribution in [0.15, 0.2) is 10.2 Å². The van der Waals surface area contributed by atoms with Gasteiger partial charge in [0.05, 0.1) is 0 Å². The average Bonchev–Trinajstić information content (AvgIpc) is 1.90. The molecule has 0 bridgehead atoms. The van der Waals surface area contributed by atoms with E-state index in [9.17, 15) is 4.39 Å². The molecule has 0 amide bonds. The third-order valence-corrected chi connectivity index (χ3v) is 2.51. The van der Waals surface area contributed by atoms with Crippen molar-refractivity contribution in [2.45, 2.75) is 32.1 Å². The molecule has 1 aliphatic carbocycles. The SMILES string of the molecule is F[C]([Ge])=C1CCCCC1. The molecular weight excluding hydrogens is 176 g/mol. The van der Waals surface area contributed by atoms with Crippen molar-refractivity contribution in [1.82, 2.24) is 0 Å². The standard InChI is InChI=1S/C7H10FGe/c8-7(9)6-4-2-1-3-5-6/h1-5H2. The van der Waals surface area contributed by atoms with Crippen LogP contribution < -0.4 is 0 Å². The Morgan fingerprint density at radius 2 is 1.78 bits per heavy atom. The minimum atomic E-state index is 0.0645. The van der Waals surface area contributed by atoms with E-state index in [1.165, 1.54) is 19.3 Å². The van der Waals surface area contributed by atoms with Gasteiger partial charge in [-0.3, -0.25) is 0 Å². The fourth-order valence-electron chi connectivity index (χ4n) is 1.20.